The molecular weight excluding hydrogens is 194 g/mol. The summed E-state index contributed by atoms with van der Waals surface area (Å²) in [6.07, 6.45) is -0.323. The second kappa shape index (κ2) is 7.79. The van der Waals surface area contributed by atoms with Crippen LogP contribution >= 0.6 is 0 Å². The average Bonchev–Trinajstić information content (AvgIpc) is 2.14. The van der Waals surface area contributed by atoms with Crippen LogP contribution in [0.4, 0.5) is 0 Å². The first-order chi connectivity index (χ1) is 6.97. The highest BCUT2D eigenvalue weighted by Crippen LogP contribution is 2.03. The number of hydrogen-bond acceptors (Lipinski definition) is 4. The third-order valence-corrected chi connectivity index (χ3v) is 2.28. The number of methoxy groups -OCH3 is 1. The van der Waals surface area contributed by atoms with Crippen LogP contribution in [0.15, 0.2) is 0 Å². The van der Waals surface area contributed by atoms with Gasteiger partial charge in [0.1, 0.15) is 5.78 Å². The van der Waals surface area contributed by atoms with Crippen molar-refractivity contribution in [3.8, 4) is 0 Å². The van der Waals surface area contributed by atoms with Gasteiger partial charge in [0.15, 0.2) is 0 Å². The number of ether oxygens (including phenoxy) is 1. The monoisotopic (exact) mass is 217 g/mol. The van der Waals surface area contributed by atoms with Gasteiger partial charge in [0, 0.05) is 32.5 Å². The lowest BCUT2D eigenvalue weighted by atomic mass is 10.0. The van der Waals surface area contributed by atoms with Gasteiger partial charge in [-0.25, -0.2) is 0 Å². The summed E-state index contributed by atoms with van der Waals surface area (Å²) in [5.41, 5.74) is 0. The Labute approximate surface area is 92.2 Å². The van der Waals surface area contributed by atoms with Gasteiger partial charge in [-0.05, 0) is 7.05 Å². The average molecular weight is 217 g/mol. The van der Waals surface area contributed by atoms with Crippen LogP contribution in [-0.2, 0) is 9.53 Å². The van der Waals surface area contributed by atoms with E-state index >= 15 is 0 Å². The molecule has 4 nitrogen and oxygen atoms in total. The molecule has 0 radical (unpaired) electrons. The van der Waals surface area contributed by atoms with Gasteiger partial charge in [0.2, 0.25) is 0 Å². The maximum atomic E-state index is 11.3. The van der Waals surface area contributed by atoms with E-state index in [0.717, 1.165) is 6.54 Å². The van der Waals surface area contributed by atoms with Crippen LogP contribution in [0.3, 0.4) is 0 Å². The molecule has 0 aliphatic heterocycles. The molecule has 0 aromatic carbocycles. The van der Waals surface area contributed by atoms with Crippen LogP contribution in [-0.4, -0.2) is 55.7 Å². The third kappa shape index (κ3) is 7.48. The van der Waals surface area contributed by atoms with Gasteiger partial charge in [0.25, 0.3) is 0 Å². The topological polar surface area (TPSA) is 49.8 Å². The Morgan fingerprint density at radius 3 is 2.53 bits per heavy atom. The highest BCUT2D eigenvalue weighted by molar-refractivity contribution is 5.80. The molecule has 0 bridgehead atoms. The predicted octanol–water partition coefficient (Wildman–Crippen LogP) is 0.541. The van der Waals surface area contributed by atoms with E-state index in [1.807, 2.05) is 25.8 Å². The number of ketones is 1. The second-order valence-electron chi connectivity index (χ2n) is 4.23. The normalized spacial score (nSPS) is 13.5. The van der Waals surface area contributed by atoms with E-state index in [1.165, 1.54) is 0 Å². The zero-order valence-corrected chi connectivity index (χ0v) is 10.2. The minimum atomic E-state index is -0.568. The molecule has 0 amide bonds. The molecule has 1 N–H and O–H groups in total. The number of likely N-dealkylation sites (N-methyl/N-ethyl adjacent to an activating group) is 1. The summed E-state index contributed by atoms with van der Waals surface area (Å²) in [5, 5.41) is 9.63. The van der Waals surface area contributed by atoms with E-state index in [-0.39, 0.29) is 18.1 Å². The molecule has 0 heterocycles. The summed E-state index contributed by atoms with van der Waals surface area (Å²) < 4.78 is 4.92. The third-order valence-electron chi connectivity index (χ3n) is 2.28. The summed E-state index contributed by atoms with van der Waals surface area (Å²) in [6, 6.07) is 0. The molecule has 0 aliphatic carbocycles. The van der Waals surface area contributed by atoms with E-state index in [9.17, 15) is 9.90 Å². The number of carbonyl (C=O) groups is 1. The molecule has 0 aliphatic rings. The molecule has 0 rings (SSSR count). The maximum Gasteiger partial charge on any atom is 0.138 e. The Morgan fingerprint density at radius 2 is 2.07 bits per heavy atom. The summed E-state index contributed by atoms with van der Waals surface area (Å²) >= 11 is 0. The van der Waals surface area contributed by atoms with Crippen LogP contribution in [0.1, 0.15) is 20.3 Å². The first-order valence-electron chi connectivity index (χ1n) is 5.35. The van der Waals surface area contributed by atoms with Gasteiger partial charge in [-0.1, -0.05) is 13.8 Å². The molecule has 1 atom stereocenters. The molecule has 0 fully saturated rings. The molecule has 0 saturated heterocycles. The number of aliphatic hydroxyl groups excluding tert-OH is 1. The summed E-state index contributed by atoms with van der Waals surface area (Å²) in [7, 11) is 3.55. The van der Waals surface area contributed by atoms with Crippen molar-refractivity contribution in [1.82, 2.24) is 4.90 Å². The Morgan fingerprint density at radius 1 is 1.47 bits per heavy atom. The lowest BCUT2D eigenvalue weighted by Gasteiger charge is -2.20. The smallest absolute Gasteiger partial charge is 0.138 e. The first kappa shape index (κ1) is 14.6. The van der Waals surface area contributed by atoms with Gasteiger partial charge in [-0.3, -0.25) is 4.79 Å². The molecule has 0 aromatic heterocycles. The van der Waals surface area contributed by atoms with E-state index in [1.54, 1.807) is 7.11 Å². The number of Topliss-reactive ketones (excluding diaryl/α,β-unsaturated/α-hetero) is 1. The number of aliphatic hydroxyl groups is 1. The summed E-state index contributed by atoms with van der Waals surface area (Å²) in [5.74, 6) is 0.117. The highest BCUT2D eigenvalue weighted by atomic mass is 16.5. The van der Waals surface area contributed by atoms with Crippen molar-refractivity contribution in [2.75, 3.05) is 33.9 Å². The van der Waals surface area contributed by atoms with Gasteiger partial charge in [-0.2, -0.15) is 0 Å². The lowest BCUT2D eigenvalue weighted by molar-refractivity contribution is -0.124. The number of carbonyl (C=O) groups excluding carboxylic acids is 1. The fourth-order valence-corrected chi connectivity index (χ4v) is 1.23. The fourth-order valence-electron chi connectivity index (χ4n) is 1.23. The number of hydrogen-bond donors (Lipinski definition) is 1. The second-order valence-corrected chi connectivity index (χ2v) is 4.23. The quantitative estimate of drug-likeness (QED) is 0.645. The Balaban J connectivity index is 3.72. The van der Waals surface area contributed by atoms with Crippen molar-refractivity contribution in [3.63, 3.8) is 0 Å². The van der Waals surface area contributed by atoms with Crippen molar-refractivity contribution in [1.29, 1.82) is 0 Å². The zero-order valence-electron chi connectivity index (χ0n) is 10.2. The van der Waals surface area contributed by atoms with Crippen molar-refractivity contribution < 1.29 is 14.6 Å². The van der Waals surface area contributed by atoms with E-state index in [2.05, 4.69) is 0 Å². The van der Waals surface area contributed by atoms with Gasteiger partial charge in [0.05, 0.1) is 12.7 Å². The van der Waals surface area contributed by atoms with Gasteiger partial charge < -0.3 is 14.7 Å². The number of rotatable bonds is 8. The molecule has 90 valence electrons. The standard InChI is InChI=1S/C11H23NO3/c1-9(2)11(14)7-10(13)8-12(3)5-6-15-4/h9-10,13H,5-8H2,1-4H3/t10-/m0/s1. The Kier molecular flexibility index (Phi) is 7.56. The zero-order chi connectivity index (χ0) is 11.8. The molecule has 4 heteroatoms. The molecule has 15 heavy (non-hydrogen) atoms. The fraction of sp³-hybridized carbons (Fsp3) is 0.909. The Hall–Kier alpha value is -0.450. The lowest BCUT2D eigenvalue weighted by Crippen LogP contribution is -2.33. The molecule has 0 unspecified atom stereocenters. The van der Waals surface area contributed by atoms with Crippen LogP contribution in [0.5, 0.6) is 0 Å². The Bertz CT molecular complexity index is 183. The summed E-state index contributed by atoms with van der Waals surface area (Å²) in [6.45, 7) is 5.62. The predicted molar refractivity (Wildman–Crippen MR) is 59.8 cm³/mol. The minimum absolute atomic E-state index is 0.00364. The molecule has 0 saturated carbocycles. The van der Waals surface area contributed by atoms with Gasteiger partial charge >= 0.3 is 0 Å². The molecule has 0 spiro atoms. The molecule has 0 aromatic rings. The molecular formula is C11H23NO3. The van der Waals surface area contributed by atoms with E-state index in [4.69, 9.17) is 4.74 Å². The SMILES string of the molecule is COCCN(C)C[C@@H](O)CC(=O)C(C)C. The summed E-state index contributed by atoms with van der Waals surface area (Å²) in [4.78, 5) is 13.3. The van der Waals surface area contributed by atoms with E-state index < -0.39 is 6.10 Å². The van der Waals surface area contributed by atoms with Crippen LogP contribution < -0.4 is 0 Å². The van der Waals surface area contributed by atoms with Gasteiger partial charge in [-0.15, -0.1) is 0 Å². The minimum Gasteiger partial charge on any atom is -0.391 e. The van der Waals surface area contributed by atoms with Crippen molar-refractivity contribution >= 4 is 5.78 Å². The maximum absolute atomic E-state index is 11.3. The van der Waals surface area contributed by atoms with Crippen molar-refractivity contribution in [2.24, 2.45) is 5.92 Å². The number of nitrogens with zero attached hydrogens (tertiary/aromatic N) is 1. The largest absolute Gasteiger partial charge is 0.391 e. The van der Waals surface area contributed by atoms with Crippen LogP contribution in [0, 0.1) is 5.92 Å². The van der Waals surface area contributed by atoms with Crippen molar-refractivity contribution in [3.05, 3.63) is 0 Å². The van der Waals surface area contributed by atoms with Crippen LogP contribution in [0.25, 0.3) is 0 Å². The van der Waals surface area contributed by atoms with E-state index in [0.29, 0.717) is 13.2 Å². The van der Waals surface area contributed by atoms with Crippen LogP contribution in [0.2, 0.25) is 0 Å². The first-order valence-corrected chi connectivity index (χ1v) is 5.35. The highest BCUT2D eigenvalue weighted by Gasteiger charge is 2.15. The van der Waals surface area contributed by atoms with Crippen molar-refractivity contribution in [2.45, 2.75) is 26.4 Å².